The molecule has 0 heterocycles. The second-order valence-corrected chi connectivity index (χ2v) is 3.02. The molecule has 0 rings (SSSR count). The minimum Gasteiger partial charge on any atom is -0.759 e. The fourth-order valence-corrected chi connectivity index (χ4v) is 0. The van der Waals surface area contributed by atoms with Gasteiger partial charge in [0.15, 0.2) is 0 Å². The largest absolute Gasteiger partial charge is 2.00 e. The van der Waals surface area contributed by atoms with E-state index in [2.05, 4.69) is 0 Å². The van der Waals surface area contributed by atoms with Gasteiger partial charge < -0.3 is 28.3 Å². The summed E-state index contributed by atoms with van der Waals surface area (Å²) in [7, 11) is -9.78. The van der Waals surface area contributed by atoms with E-state index in [0.717, 1.165) is 0 Å². The maximum Gasteiger partial charge on any atom is 2.00 e. The van der Waals surface area contributed by atoms with Crippen LogP contribution in [0, 0.1) is 0 Å². The first kappa shape index (κ1) is 17.5. The SMILES string of the molecule is O=S(=O)([O-])[O-].O[Si](O)(O)O.[Fe+2]. The van der Waals surface area contributed by atoms with E-state index in [0.29, 0.717) is 0 Å². The predicted molar refractivity (Wildman–Crippen MR) is 25.1 cm³/mol. The molecule has 0 amide bonds. The Morgan fingerprint density at radius 1 is 1.00 bits per heavy atom. The Morgan fingerprint density at radius 2 is 1.00 bits per heavy atom. The molecule has 0 aromatic carbocycles. The summed E-state index contributed by atoms with van der Waals surface area (Å²) in [6.45, 7) is 0. The van der Waals surface area contributed by atoms with Gasteiger partial charge >= 0.3 is 26.1 Å². The smallest absolute Gasteiger partial charge is 0.759 e. The van der Waals surface area contributed by atoms with Gasteiger partial charge in [-0.25, -0.2) is 0 Å². The molecule has 0 aromatic rings. The Morgan fingerprint density at radius 3 is 1.00 bits per heavy atom. The number of hydrogen-bond acceptors (Lipinski definition) is 8. The van der Waals surface area contributed by atoms with E-state index in [-0.39, 0.29) is 17.1 Å². The minimum absolute atomic E-state index is 0. The summed E-state index contributed by atoms with van der Waals surface area (Å²) in [6, 6.07) is 0. The van der Waals surface area contributed by atoms with E-state index in [1.54, 1.807) is 0 Å². The first-order valence-electron chi connectivity index (χ1n) is 1.56. The van der Waals surface area contributed by atoms with Crippen molar-refractivity contribution in [2.24, 2.45) is 0 Å². The van der Waals surface area contributed by atoms with E-state index in [9.17, 15) is 0 Å². The van der Waals surface area contributed by atoms with Crippen molar-refractivity contribution in [1.29, 1.82) is 0 Å². The molecule has 0 aliphatic heterocycles. The fraction of sp³-hybridized carbons (Fsp3) is 0. The molecule has 11 heavy (non-hydrogen) atoms. The van der Waals surface area contributed by atoms with Crippen LogP contribution < -0.4 is 0 Å². The van der Waals surface area contributed by atoms with Gasteiger partial charge in [-0.1, -0.05) is 0 Å². The monoisotopic (exact) mass is 248 g/mol. The van der Waals surface area contributed by atoms with Crippen LogP contribution in [0.5, 0.6) is 0 Å². The zero-order valence-electron chi connectivity index (χ0n) is 4.68. The van der Waals surface area contributed by atoms with Gasteiger partial charge in [-0.15, -0.1) is 0 Å². The van der Waals surface area contributed by atoms with E-state index in [1.807, 2.05) is 0 Å². The Balaban J connectivity index is -0.000000107. The molecule has 0 aromatic heterocycles. The molecule has 70 valence electrons. The van der Waals surface area contributed by atoms with Crippen molar-refractivity contribution in [2.75, 3.05) is 0 Å². The molecule has 0 fully saturated rings. The maximum absolute atomic E-state index is 8.52. The van der Waals surface area contributed by atoms with Crippen LogP contribution in [-0.4, -0.2) is 45.8 Å². The Kier molecular flexibility index (Phi) is 9.58. The molecule has 0 saturated carbocycles. The van der Waals surface area contributed by atoms with Crippen molar-refractivity contribution in [3.8, 4) is 0 Å². The summed E-state index contributed by atoms with van der Waals surface area (Å²) in [5.74, 6) is 0. The standard InChI is InChI=1S/Fe.H2O4S.H4O4Si/c;2*1-5(2,3)4/h;(H2,1,2,3,4);1-4H/q+2;;/p-2. The van der Waals surface area contributed by atoms with Crippen molar-refractivity contribution >= 4 is 19.4 Å². The van der Waals surface area contributed by atoms with Crippen molar-refractivity contribution in [2.45, 2.75) is 0 Å². The third-order valence-corrected chi connectivity index (χ3v) is 0. The molecule has 0 radical (unpaired) electrons. The summed E-state index contributed by atoms with van der Waals surface area (Å²) in [5.41, 5.74) is 0. The van der Waals surface area contributed by atoms with Crippen LogP contribution in [0.2, 0.25) is 0 Å². The van der Waals surface area contributed by atoms with Crippen LogP contribution in [0.25, 0.3) is 0 Å². The van der Waals surface area contributed by atoms with Gasteiger partial charge in [0.2, 0.25) is 0 Å². The van der Waals surface area contributed by atoms with Gasteiger partial charge in [0, 0.05) is 10.4 Å². The van der Waals surface area contributed by atoms with Gasteiger partial charge in [0.05, 0.1) is 0 Å². The molecule has 0 aliphatic rings. The third kappa shape index (κ3) is 3740. The Bertz CT molecular complexity index is 149. The molecule has 0 spiro atoms. The molecule has 0 saturated heterocycles. The van der Waals surface area contributed by atoms with Crippen molar-refractivity contribution in [3.63, 3.8) is 0 Å². The van der Waals surface area contributed by atoms with Gasteiger partial charge in [-0.3, -0.25) is 8.42 Å². The average molecular weight is 248 g/mol. The molecule has 8 nitrogen and oxygen atoms in total. The molecule has 4 N–H and O–H groups in total. The molecule has 11 heteroatoms. The number of rotatable bonds is 0. The summed E-state index contributed by atoms with van der Waals surface area (Å²) in [6.07, 6.45) is 0. The van der Waals surface area contributed by atoms with Crippen molar-refractivity contribution in [3.05, 3.63) is 0 Å². The topological polar surface area (TPSA) is 161 Å². The third-order valence-electron chi connectivity index (χ3n) is 0. The molecular weight excluding hydrogens is 244 g/mol. The second kappa shape index (κ2) is 6.02. The molecule has 0 atom stereocenters. The van der Waals surface area contributed by atoms with E-state index in [1.165, 1.54) is 0 Å². The van der Waals surface area contributed by atoms with Crippen molar-refractivity contribution in [1.82, 2.24) is 0 Å². The van der Waals surface area contributed by atoms with Crippen LogP contribution in [0.1, 0.15) is 0 Å². The quantitative estimate of drug-likeness (QED) is 0.192. The van der Waals surface area contributed by atoms with E-state index < -0.39 is 19.4 Å². The van der Waals surface area contributed by atoms with Crippen LogP contribution in [0.4, 0.5) is 0 Å². The van der Waals surface area contributed by atoms with E-state index in [4.69, 9.17) is 36.7 Å². The van der Waals surface area contributed by atoms with Gasteiger partial charge in [-0.2, -0.15) is 0 Å². The van der Waals surface area contributed by atoms with Crippen molar-refractivity contribution < 1.29 is 53.8 Å². The Hall–Kier alpha value is 0.446. The normalized spacial score (nSPS) is 10.7. The predicted octanol–water partition coefficient (Wildman–Crippen LogP) is -3.95. The maximum atomic E-state index is 8.52. The average Bonchev–Trinajstić information content (AvgIpc) is 1.12. The van der Waals surface area contributed by atoms with E-state index >= 15 is 0 Å². The molecule has 0 aliphatic carbocycles. The van der Waals surface area contributed by atoms with Crippen LogP contribution in [-0.2, 0) is 27.5 Å². The van der Waals surface area contributed by atoms with Gasteiger partial charge in [-0.05, 0) is 0 Å². The minimum atomic E-state index is -5.17. The molecular formula is H4FeO8SSi. The van der Waals surface area contributed by atoms with Gasteiger partial charge in [0.25, 0.3) is 0 Å². The van der Waals surface area contributed by atoms with Crippen LogP contribution in [0.3, 0.4) is 0 Å². The first-order valence-corrected chi connectivity index (χ1v) is 4.68. The number of hydrogen-bond donors (Lipinski definition) is 4. The van der Waals surface area contributed by atoms with Crippen LogP contribution >= 0.6 is 0 Å². The summed E-state index contributed by atoms with van der Waals surface area (Å²) in [5, 5.41) is 0. The zero-order valence-corrected chi connectivity index (χ0v) is 7.60. The second-order valence-electron chi connectivity index (χ2n) is 1.01. The zero-order chi connectivity index (χ0) is 9.00. The summed E-state index contributed by atoms with van der Waals surface area (Å²) in [4.78, 5) is 29.3. The summed E-state index contributed by atoms with van der Waals surface area (Å²) >= 11 is 0. The summed E-state index contributed by atoms with van der Waals surface area (Å²) < 4.78 is 34.1. The molecule has 0 bridgehead atoms. The Labute approximate surface area is 73.7 Å². The molecule has 0 unspecified atom stereocenters. The fourth-order valence-electron chi connectivity index (χ4n) is 0. The van der Waals surface area contributed by atoms with Crippen LogP contribution in [0.15, 0.2) is 0 Å². The first-order chi connectivity index (χ1) is 4.00. The van der Waals surface area contributed by atoms with Gasteiger partial charge in [0.1, 0.15) is 0 Å².